The number of pyridine rings is 1. The number of nitrogens with zero attached hydrogens (tertiary/aromatic N) is 7. The van der Waals surface area contributed by atoms with Crippen LogP contribution >= 0.6 is 23.2 Å². The average Bonchev–Trinajstić information content (AvgIpc) is 3.28. The van der Waals surface area contributed by atoms with Gasteiger partial charge in [-0.3, -0.25) is 4.98 Å². The summed E-state index contributed by atoms with van der Waals surface area (Å²) in [6.07, 6.45) is 6.18. The quantitative estimate of drug-likeness (QED) is 0.431. The zero-order valence-electron chi connectivity index (χ0n) is 17.1. The summed E-state index contributed by atoms with van der Waals surface area (Å²) >= 11 is 12.5. The molecule has 1 saturated heterocycles. The van der Waals surface area contributed by atoms with Gasteiger partial charge in [0.2, 0.25) is 5.95 Å². The summed E-state index contributed by atoms with van der Waals surface area (Å²) in [5.41, 5.74) is 3.83. The summed E-state index contributed by atoms with van der Waals surface area (Å²) in [4.78, 5) is 16.0. The minimum Gasteiger partial charge on any atom is -0.340 e. The molecule has 5 rings (SSSR count). The Hall–Kier alpha value is -3.21. The number of piperidine rings is 1. The first-order chi connectivity index (χ1) is 15.6. The maximum Gasteiger partial charge on any atom is 0.229 e. The third-order valence-electron chi connectivity index (χ3n) is 5.71. The SMILES string of the molecule is N#Cc1ccc(CC2CCCN(c3nc(-c4ccc(Cl)cc4Cl)cc4ncnn34)C2)nc1. The molecule has 9 heteroatoms. The van der Waals surface area contributed by atoms with Gasteiger partial charge in [0.15, 0.2) is 5.65 Å². The van der Waals surface area contributed by atoms with E-state index in [0.29, 0.717) is 27.2 Å². The lowest BCUT2D eigenvalue weighted by Gasteiger charge is -2.33. The molecule has 0 amide bonds. The van der Waals surface area contributed by atoms with Gasteiger partial charge in [-0.25, -0.2) is 9.97 Å². The summed E-state index contributed by atoms with van der Waals surface area (Å²) < 4.78 is 1.77. The first kappa shape index (κ1) is 20.7. The average molecular weight is 464 g/mol. The van der Waals surface area contributed by atoms with Crippen LogP contribution in [0.3, 0.4) is 0 Å². The number of hydrogen-bond acceptors (Lipinski definition) is 6. The summed E-state index contributed by atoms with van der Waals surface area (Å²) in [7, 11) is 0. The van der Waals surface area contributed by atoms with E-state index >= 15 is 0 Å². The van der Waals surface area contributed by atoms with Crippen LogP contribution in [0.5, 0.6) is 0 Å². The van der Waals surface area contributed by atoms with Crippen molar-refractivity contribution in [2.45, 2.75) is 19.3 Å². The van der Waals surface area contributed by atoms with Crippen molar-refractivity contribution in [3.8, 4) is 17.3 Å². The lowest BCUT2D eigenvalue weighted by Crippen LogP contribution is -2.38. The second kappa shape index (κ2) is 8.73. The molecule has 160 valence electrons. The molecule has 7 nitrogen and oxygen atoms in total. The van der Waals surface area contributed by atoms with Crippen LogP contribution in [-0.4, -0.2) is 37.7 Å². The maximum atomic E-state index is 8.98. The molecule has 1 aromatic carbocycles. The fourth-order valence-corrected chi connectivity index (χ4v) is 4.68. The van der Waals surface area contributed by atoms with E-state index in [-0.39, 0.29) is 0 Å². The summed E-state index contributed by atoms with van der Waals surface area (Å²) in [6, 6.07) is 13.2. The summed E-state index contributed by atoms with van der Waals surface area (Å²) in [5.74, 6) is 1.17. The van der Waals surface area contributed by atoms with Gasteiger partial charge < -0.3 is 4.90 Å². The second-order valence-electron chi connectivity index (χ2n) is 7.90. The summed E-state index contributed by atoms with van der Waals surface area (Å²) in [5, 5.41) is 14.5. The Morgan fingerprint density at radius 2 is 2.03 bits per heavy atom. The van der Waals surface area contributed by atoms with Crippen molar-refractivity contribution in [1.29, 1.82) is 5.26 Å². The molecule has 0 spiro atoms. The van der Waals surface area contributed by atoms with Gasteiger partial charge in [0.05, 0.1) is 16.3 Å². The Balaban J connectivity index is 1.45. The van der Waals surface area contributed by atoms with E-state index in [4.69, 9.17) is 33.4 Å². The minimum atomic E-state index is 0.423. The van der Waals surface area contributed by atoms with Crippen LogP contribution in [0, 0.1) is 17.2 Å². The Morgan fingerprint density at radius 1 is 1.12 bits per heavy atom. The molecular weight excluding hydrogens is 445 g/mol. The van der Waals surface area contributed by atoms with Crippen molar-refractivity contribution < 1.29 is 0 Å². The van der Waals surface area contributed by atoms with Crippen molar-refractivity contribution in [2.24, 2.45) is 5.92 Å². The Bertz CT molecular complexity index is 1310. The molecule has 0 bridgehead atoms. The highest BCUT2D eigenvalue weighted by molar-refractivity contribution is 6.36. The lowest BCUT2D eigenvalue weighted by molar-refractivity contribution is 0.404. The van der Waals surface area contributed by atoms with E-state index in [1.165, 1.54) is 6.33 Å². The standard InChI is InChI=1S/C23H19Cl2N7/c24-17-4-6-19(20(25)9-17)21-10-22-28-14-29-32(22)23(30-21)31-7-1-2-15(13-31)8-18-5-3-16(11-26)12-27-18/h3-6,9-10,12,14-15H,1-2,7-8,13H2. The van der Waals surface area contributed by atoms with Gasteiger partial charge in [-0.1, -0.05) is 23.2 Å². The number of nitriles is 1. The number of anilines is 1. The topological polar surface area (TPSA) is 83.0 Å². The first-order valence-corrected chi connectivity index (χ1v) is 11.1. The van der Waals surface area contributed by atoms with Crippen molar-refractivity contribution in [1.82, 2.24) is 24.6 Å². The number of fused-ring (bicyclic) bond motifs is 1. The highest BCUT2D eigenvalue weighted by Crippen LogP contribution is 2.32. The van der Waals surface area contributed by atoms with Crippen molar-refractivity contribution in [2.75, 3.05) is 18.0 Å². The molecule has 0 aliphatic carbocycles. The van der Waals surface area contributed by atoms with E-state index in [9.17, 15) is 0 Å². The zero-order valence-corrected chi connectivity index (χ0v) is 18.6. The van der Waals surface area contributed by atoms with Gasteiger partial charge in [0, 0.05) is 41.6 Å². The van der Waals surface area contributed by atoms with Gasteiger partial charge in [-0.2, -0.15) is 14.9 Å². The molecule has 3 aromatic heterocycles. The molecule has 1 atom stereocenters. The smallest absolute Gasteiger partial charge is 0.229 e. The molecule has 4 heterocycles. The number of benzene rings is 1. The van der Waals surface area contributed by atoms with E-state index in [1.54, 1.807) is 22.8 Å². The van der Waals surface area contributed by atoms with E-state index in [1.807, 2.05) is 24.3 Å². The van der Waals surface area contributed by atoms with E-state index in [2.05, 4.69) is 26.0 Å². The number of halogens is 2. The van der Waals surface area contributed by atoms with Crippen LogP contribution in [0.1, 0.15) is 24.1 Å². The second-order valence-corrected chi connectivity index (χ2v) is 8.75. The van der Waals surface area contributed by atoms with Gasteiger partial charge in [-0.15, -0.1) is 0 Å². The molecule has 1 fully saturated rings. The molecule has 0 N–H and O–H groups in total. The van der Waals surface area contributed by atoms with Gasteiger partial charge in [0.1, 0.15) is 12.4 Å². The van der Waals surface area contributed by atoms with Crippen LogP contribution < -0.4 is 4.90 Å². The Morgan fingerprint density at radius 3 is 2.81 bits per heavy atom. The number of aromatic nitrogens is 5. The van der Waals surface area contributed by atoms with Crippen LogP contribution in [0.4, 0.5) is 5.95 Å². The number of rotatable bonds is 4. The fraction of sp³-hybridized carbons (Fsp3) is 0.261. The molecule has 1 unspecified atom stereocenters. The van der Waals surface area contributed by atoms with Crippen molar-refractivity contribution in [3.63, 3.8) is 0 Å². The zero-order chi connectivity index (χ0) is 22.1. The van der Waals surface area contributed by atoms with Crippen LogP contribution in [0.25, 0.3) is 16.9 Å². The Labute approximate surface area is 195 Å². The van der Waals surface area contributed by atoms with Crippen LogP contribution in [0.15, 0.2) is 48.9 Å². The molecule has 0 saturated carbocycles. The highest BCUT2D eigenvalue weighted by atomic mass is 35.5. The van der Waals surface area contributed by atoms with Crippen LogP contribution in [0.2, 0.25) is 10.0 Å². The predicted octanol–water partition coefficient (Wildman–Crippen LogP) is 4.82. The van der Waals surface area contributed by atoms with Crippen molar-refractivity contribution >= 4 is 34.8 Å². The first-order valence-electron chi connectivity index (χ1n) is 10.4. The van der Waals surface area contributed by atoms with Gasteiger partial charge in [-0.05, 0) is 55.5 Å². The fourth-order valence-electron chi connectivity index (χ4n) is 4.17. The predicted molar refractivity (Wildman–Crippen MR) is 124 cm³/mol. The summed E-state index contributed by atoms with van der Waals surface area (Å²) in [6.45, 7) is 1.72. The van der Waals surface area contributed by atoms with E-state index < -0.39 is 0 Å². The third kappa shape index (κ3) is 4.12. The molecule has 4 aromatic rings. The third-order valence-corrected chi connectivity index (χ3v) is 6.26. The van der Waals surface area contributed by atoms with Crippen LogP contribution in [-0.2, 0) is 6.42 Å². The molecule has 1 aliphatic heterocycles. The maximum absolute atomic E-state index is 8.98. The molecule has 32 heavy (non-hydrogen) atoms. The monoisotopic (exact) mass is 463 g/mol. The van der Waals surface area contributed by atoms with E-state index in [0.717, 1.165) is 55.3 Å². The normalized spacial score (nSPS) is 16.3. The minimum absolute atomic E-state index is 0.423. The molecule has 1 aliphatic rings. The van der Waals surface area contributed by atoms with Gasteiger partial charge in [0.25, 0.3) is 0 Å². The number of hydrogen-bond donors (Lipinski definition) is 0. The highest BCUT2D eigenvalue weighted by Gasteiger charge is 2.25. The molecular formula is C23H19Cl2N7. The van der Waals surface area contributed by atoms with Gasteiger partial charge >= 0.3 is 0 Å². The molecule has 0 radical (unpaired) electrons. The van der Waals surface area contributed by atoms with Crippen molar-refractivity contribution in [3.05, 3.63) is 70.2 Å². The Kier molecular flexibility index (Phi) is 5.64. The largest absolute Gasteiger partial charge is 0.340 e. The lowest BCUT2D eigenvalue weighted by atomic mass is 9.93.